The number of aromatic nitrogens is 1. The van der Waals surface area contributed by atoms with Crippen LogP contribution in [0.4, 0.5) is 0 Å². The van der Waals surface area contributed by atoms with Crippen LogP contribution in [-0.4, -0.2) is 24.5 Å². The fraction of sp³-hybridized carbons (Fsp3) is 0.333. The molecule has 0 aliphatic heterocycles. The van der Waals surface area contributed by atoms with Crippen molar-refractivity contribution >= 4 is 52.9 Å². The van der Waals surface area contributed by atoms with Gasteiger partial charge < -0.3 is 10.6 Å². The van der Waals surface area contributed by atoms with Crippen LogP contribution in [0.3, 0.4) is 0 Å². The lowest BCUT2D eigenvalue weighted by molar-refractivity contribution is 0.799. The Morgan fingerprint density at radius 2 is 2.18 bits per heavy atom. The summed E-state index contributed by atoms with van der Waals surface area (Å²) in [6.45, 7) is 3.55. The van der Waals surface area contributed by atoms with E-state index in [2.05, 4.69) is 26.7 Å². The Bertz CT molecular complexity index is 615. The minimum Gasteiger partial charge on any atom is -0.356 e. The number of guanidine groups is 1. The average molecular weight is 451 g/mol. The van der Waals surface area contributed by atoms with Gasteiger partial charge in [-0.2, -0.15) is 0 Å². The second-order valence-electron chi connectivity index (χ2n) is 4.58. The van der Waals surface area contributed by atoms with Crippen LogP contribution in [0.1, 0.15) is 15.4 Å². The highest BCUT2D eigenvalue weighted by molar-refractivity contribution is 14.0. The molecule has 1 heterocycles. The van der Waals surface area contributed by atoms with Crippen molar-refractivity contribution in [2.24, 2.45) is 4.99 Å². The summed E-state index contributed by atoms with van der Waals surface area (Å²) in [5.41, 5.74) is 1.21. The highest BCUT2D eigenvalue weighted by Crippen LogP contribution is 2.11. The van der Waals surface area contributed by atoms with Gasteiger partial charge in [-0.05, 0) is 31.0 Å². The summed E-state index contributed by atoms with van der Waals surface area (Å²) in [7, 11) is 1.77. The molecule has 0 saturated heterocycles. The summed E-state index contributed by atoms with van der Waals surface area (Å²) in [5.74, 6) is 0.795. The zero-order valence-corrected chi connectivity index (χ0v) is 16.5. The van der Waals surface area contributed by atoms with Crippen molar-refractivity contribution in [2.45, 2.75) is 19.9 Å². The molecule has 0 aliphatic carbocycles. The van der Waals surface area contributed by atoms with Crippen LogP contribution in [0.5, 0.6) is 0 Å². The molecule has 1 aromatic carbocycles. The van der Waals surface area contributed by atoms with Crippen molar-refractivity contribution in [3.63, 3.8) is 0 Å². The minimum absolute atomic E-state index is 0. The molecule has 0 aliphatic rings. The number of rotatable bonds is 5. The van der Waals surface area contributed by atoms with Crippen molar-refractivity contribution in [2.75, 3.05) is 13.6 Å². The molecule has 7 heteroatoms. The highest BCUT2D eigenvalue weighted by atomic mass is 127. The summed E-state index contributed by atoms with van der Waals surface area (Å²) in [6.07, 6.45) is 2.80. The molecule has 4 nitrogen and oxygen atoms in total. The summed E-state index contributed by atoms with van der Waals surface area (Å²) < 4.78 is 0. The van der Waals surface area contributed by atoms with Crippen molar-refractivity contribution in [1.29, 1.82) is 0 Å². The molecule has 0 spiro atoms. The van der Waals surface area contributed by atoms with E-state index in [9.17, 15) is 0 Å². The molecule has 0 fully saturated rings. The van der Waals surface area contributed by atoms with E-state index >= 15 is 0 Å². The first-order valence-electron chi connectivity index (χ1n) is 6.77. The van der Waals surface area contributed by atoms with Gasteiger partial charge in [0.05, 0.1) is 11.6 Å². The van der Waals surface area contributed by atoms with Crippen LogP contribution in [0.2, 0.25) is 5.02 Å². The van der Waals surface area contributed by atoms with E-state index in [-0.39, 0.29) is 24.0 Å². The van der Waals surface area contributed by atoms with Gasteiger partial charge in [-0.15, -0.1) is 35.3 Å². The zero-order valence-electron chi connectivity index (χ0n) is 12.6. The Hall–Kier alpha value is -0.860. The first kappa shape index (κ1) is 19.2. The van der Waals surface area contributed by atoms with Crippen LogP contribution >= 0.6 is 46.9 Å². The van der Waals surface area contributed by atoms with Crippen LogP contribution in [0.25, 0.3) is 0 Å². The number of aliphatic imine (C=N–C) groups is 1. The zero-order chi connectivity index (χ0) is 15.1. The van der Waals surface area contributed by atoms with Crippen molar-refractivity contribution in [3.8, 4) is 0 Å². The second-order valence-corrected chi connectivity index (χ2v) is 6.33. The quantitative estimate of drug-likeness (QED) is 0.415. The monoisotopic (exact) mass is 450 g/mol. The number of halogens is 2. The Morgan fingerprint density at radius 1 is 1.36 bits per heavy atom. The van der Waals surface area contributed by atoms with Gasteiger partial charge in [0.25, 0.3) is 0 Å². The first-order valence-corrected chi connectivity index (χ1v) is 7.97. The molecule has 120 valence electrons. The number of aryl methyl sites for hydroxylation is 1. The fourth-order valence-corrected chi connectivity index (χ4v) is 2.84. The molecular weight excluding hydrogens is 431 g/mol. The standard InChI is InChI=1S/C15H19ClN4S.HI/c1-11-19-9-14(21-11)10-20-15(17-2)18-7-6-12-4-3-5-13(16)8-12;/h3-5,8-9H,6-7,10H2,1-2H3,(H2,17,18,20);1H. The molecular formula is C15H20ClIN4S. The minimum atomic E-state index is 0. The van der Waals surface area contributed by atoms with E-state index in [0.29, 0.717) is 0 Å². The topological polar surface area (TPSA) is 49.3 Å². The molecule has 2 aromatic rings. The maximum Gasteiger partial charge on any atom is 0.191 e. The fourth-order valence-electron chi connectivity index (χ4n) is 1.90. The largest absolute Gasteiger partial charge is 0.356 e. The molecule has 0 atom stereocenters. The van der Waals surface area contributed by atoms with Gasteiger partial charge in [0.1, 0.15) is 0 Å². The van der Waals surface area contributed by atoms with Crippen molar-refractivity contribution < 1.29 is 0 Å². The van der Waals surface area contributed by atoms with E-state index in [1.807, 2.05) is 31.3 Å². The smallest absolute Gasteiger partial charge is 0.191 e. The van der Waals surface area contributed by atoms with Crippen molar-refractivity contribution in [1.82, 2.24) is 15.6 Å². The molecule has 0 bridgehead atoms. The average Bonchev–Trinajstić information content (AvgIpc) is 2.88. The molecule has 2 N–H and O–H groups in total. The SMILES string of the molecule is CN=C(NCCc1cccc(Cl)c1)NCc1cnc(C)s1.I. The van der Waals surface area contributed by atoms with Gasteiger partial charge in [-0.25, -0.2) is 4.98 Å². The third kappa shape index (κ3) is 6.50. The molecule has 2 rings (SSSR count). The Kier molecular flexibility index (Phi) is 8.74. The lowest BCUT2D eigenvalue weighted by atomic mass is 10.1. The number of hydrogen-bond donors (Lipinski definition) is 2. The third-order valence-electron chi connectivity index (χ3n) is 2.92. The Morgan fingerprint density at radius 3 is 2.82 bits per heavy atom. The van der Waals surface area contributed by atoms with Gasteiger partial charge in [0.15, 0.2) is 5.96 Å². The third-order valence-corrected chi connectivity index (χ3v) is 4.07. The second kappa shape index (κ2) is 10.0. The normalized spacial score (nSPS) is 11.0. The van der Waals surface area contributed by atoms with E-state index in [1.54, 1.807) is 18.4 Å². The molecule has 0 saturated carbocycles. The van der Waals surface area contributed by atoms with Crippen molar-refractivity contribution in [3.05, 3.63) is 50.9 Å². The van der Waals surface area contributed by atoms with Gasteiger partial charge in [0.2, 0.25) is 0 Å². The number of benzene rings is 1. The van der Waals surface area contributed by atoms with Crippen LogP contribution in [-0.2, 0) is 13.0 Å². The predicted octanol–water partition coefficient (Wildman–Crippen LogP) is 3.63. The molecule has 22 heavy (non-hydrogen) atoms. The molecule has 0 radical (unpaired) electrons. The maximum absolute atomic E-state index is 5.97. The van der Waals surface area contributed by atoms with Gasteiger partial charge in [0, 0.05) is 29.7 Å². The van der Waals surface area contributed by atoms with E-state index in [1.165, 1.54) is 10.4 Å². The van der Waals surface area contributed by atoms with Gasteiger partial charge >= 0.3 is 0 Å². The number of nitrogens with one attached hydrogen (secondary N) is 2. The summed E-state index contributed by atoms with van der Waals surface area (Å²) in [6, 6.07) is 7.91. The van der Waals surface area contributed by atoms with Crippen LogP contribution in [0, 0.1) is 6.92 Å². The van der Waals surface area contributed by atoms with Crippen LogP contribution in [0.15, 0.2) is 35.5 Å². The maximum atomic E-state index is 5.97. The lowest BCUT2D eigenvalue weighted by Crippen LogP contribution is -2.37. The molecule has 0 amide bonds. The van der Waals surface area contributed by atoms with Gasteiger partial charge in [-0.1, -0.05) is 23.7 Å². The number of nitrogens with zero attached hydrogens (tertiary/aromatic N) is 2. The summed E-state index contributed by atoms with van der Waals surface area (Å²) >= 11 is 7.66. The van der Waals surface area contributed by atoms with E-state index in [0.717, 1.165) is 35.5 Å². The molecule has 1 aromatic heterocycles. The Labute approximate surface area is 157 Å². The molecule has 0 unspecified atom stereocenters. The summed E-state index contributed by atoms with van der Waals surface area (Å²) in [4.78, 5) is 9.65. The summed E-state index contributed by atoms with van der Waals surface area (Å²) in [5, 5.41) is 8.43. The highest BCUT2D eigenvalue weighted by Gasteiger charge is 2.01. The number of thiazole rings is 1. The van der Waals surface area contributed by atoms with Crippen LogP contribution < -0.4 is 10.6 Å². The number of hydrogen-bond acceptors (Lipinski definition) is 3. The van der Waals surface area contributed by atoms with E-state index in [4.69, 9.17) is 11.6 Å². The van der Waals surface area contributed by atoms with E-state index < -0.39 is 0 Å². The Balaban J connectivity index is 0.00000242. The first-order chi connectivity index (χ1) is 10.2. The lowest BCUT2D eigenvalue weighted by Gasteiger charge is -2.11. The predicted molar refractivity (Wildman–Crippen MR) is 106 cm³/mol. The van der Waals surface area contributed by atoms with Gasteiger partial charge in [-0.3, -0.25) is 4.99 Å².